The van der Waals surface area contributed by atoms with E-state index in [4.69, 9.17) is 9.84 Å². The van der Waals surface area contributed by atoms with Gasteiger partial charge >= 0.3 is 5.97 Å². The highest BCUT2D eigenvalue weighted by Crippen LogP contribution is 2.24. The fraction of sp³-hybridized carbons (Fsp3) is 0.900. The monoisotopic (exact) mass is 204 g/mol. The van der Waals surface area contributed by atoms with E-state index in [9.17, 15) is 9.90 Å². The number of ether oxygens (including phenoxy) is 1. The van der Waals surface area contributed by atoms with Crippen molar-refractivity contribution in [3.8, 4) is 0 Å². The summed E-state index contributed by atoms with van der Waals surface area (Å²) in [6, 6.07) is 0. The summed E-state index contributed by atoms with van der Waals surface area (Å²) >= 11 is 0. The van der Waals surface area contributed by atoms with E-state index in [1.54, 1.807) is 13.8 Å². The van der Waals surface area contributed by atoms with Crippen LogP contribution in [0.4, 0.5) is 0 Å². The van der Waals surface area contributed by atoms with Crippen LogP contribution >= 0.6 is 0 Å². The molecule has 0 aromatic carbocycles. The van der Waals surface area contributed by atoms with Crippen molar-refractivity contribution in [3.63, 3.8) is 0 Å². The van der Waals surface area contributed by atoms with Crippen molar-refractivity contribution in [3.05, 3.63) is 0 Å². The van der Waals surface area contributed by atoms with Gasteiger partial charge in [-0.3, -0.25) is 4.79 Å². The molecule has 14 heavy (non-hydrogen) atoms. The fourth-order valence-corrected chi connectivity index (χ4v) is 1.06. The van der Waals surface area contributed by atoms with E-state index in [0.717, 1.165) is 0 Å². The molecule has 0 bridgehead atoms. The van der Waals surface area contributed by atoms with Gasteiger partial charge in [-0.15, -0.1) is 0 Å². The quantitative estimate of drug-likeness (QED) is 0.494. The first-order chi connectivity index (χ1) is 6.46. The summed E-state index contributed by atoms with van der Waals surface area (Å²) < 4.78 is 4.91. The van der Waals surface area contributed by atoms with Gasteiger partial charge in [-0.25, -0.2) is 0 Å². The van der Waals surface area contributed by atoms with Gasteiger partial charge in [-0.2, -0.15) is 0 Å². The van der Waals surface area contributed by atoms with Crippen molar-refractivity contribution >= 4 is 5.97 Å². The van der Waals surface area contributed by atoms with Crippen molar-refractivity contribution in [1.29, 1.82) is 0 Å². The smallest absolute Gasteiger partial charge is 0.314 e. The number of rotatable bonds is 6. The second kappa shape index (κ2) is 5.98. The van der Waals surface area contributed by atoms with Crippen LogP contribution in [0.3, 0.4) is 0 Å². The van der Waals surface area contributed by atoms with E-state index >= 15 is 0 Å². The Balaban J connectivity index is 4.07. The third-order valence-electron chi connectivity index (χ3n) is 2.28. The summed E-state index contributed by atoms with van der Waals surface area (Å²) in [4.78, 5) is 11.5. The van der Waals surface area contributed by atoms with Crippen LogP contribution in [0.2, 0.25) is 0 Å². The van der Waals surface area contributed by atoms with Crippen LogP contribution in [-0.2, 0) is 9.53 Å². The maximum atomic E-state index is 11.5. The third-order valence-corrected chi connectivity index (χ3v) is 2.28. The maximum absolute atomic E-state index is 11.5. The molecule has 0 aliphatic heterocycles. The SMILES string of the molecule is CCC(O)C(C)(C)C(=O)OCCCO. The average Bonchev–Trinajstić information content (AvgIpc) is 2.16. The van der Waals surface area contributed by atoms with E-state index in [-0.39, 0.29) is 13.2 Å². The Morgan fingerprint density at radius 2 is 2.07 bits per heavy atom. The second-order valence-corrected chi connectivity index (χ2v) is 3.86. The van der Waals surface area contributed by atoms with Crippen molar-refractivity contribution < 1.29 is 19.7 Å². The van der Waals surface area contributed by atoms with Crippen molar-refractivity contribution in [2.24, 2.45) is 5.41 Å². The van der Waals surface area contributed by atoms with E-state index in [0.29, 0.717) is 12.8 Å². The minimum Gasteiger partial charge on any atom is -0.465 e. The Hall–Kier alpha value is -0.610. The highest BCUT2D eigenvalue weighted by molar-refractivity contribution is 5.76. The number of aliphatic hydroxyl groups excluding tert-OH is 2. The predicted molar refractivity (Wildman–Crippen MR) is 52.7 cm³/mol. The summed E-state index contributed by atoms with van der Waals surface area (Å²) in [6.07, 6.45) is 0.260. The molecule has 0 aromatic heterocycles. The number of aliphatic hydroxyl groups is 2. The first-order valence-corrected chi connectivity index (χ1v) is 4.93. The maximum Gasteiger partial charge on any atom is 0.314 e. The summed E-state index contributed by atoms with van der Waals surface area (Å²) in [7, 11) is 0. The molecule has 0 heterocycles. The summed E-state index contributed by atoms with van der Waals surface area (Å²) in [5.74, 6) is -0.416. The highest BCUT2D eigenvalue weighted by Gasteiger charge is 2.36. The number of carbonyl (C=O) groups excluding carboxylic acids is 1. The van der Waals surface area contributed by atoms with Gasteiger partial charge in [0.2, 0.25) is 0 Å². The third kappa shape index (κ3) is 3.64. The highest BCUT2D eigenvalue weighted by atomic mass is 16.5. The lowest BCUT2D eigenvalue weighted by Crippen LogP contribution is -2.38. The number of esters is 1. The minimum atomic E-state index is -0.871. The van der Waals surface area contributed by atoms with E-state index in [2.05, 4.69) is 0 Å². The van der Waals surface area contributed by atoms with Gasteiger partial charge in [-0.1, -0.05) is 6.92 Å². The Bertz CT molecular complexity index is 177. The Morgan fingerprint density at radius 3 is 2.50 bits per heavy atom. The van der Waals surface area contributed by atoms with E-state index < -0.39 is 17.5 Å². The Kier molecular flexibility index (Phi) is 5.72. The van der Waals surface area contributed by atoms with Crippen molar-refractivity contribution in [1.82, 2.24) is 0 Å². The molecule has 0 rings (SSSR count). The lowest BCUT2D eigenvalue weighted by molar-refractivity contribution is -0.160. The Morgan fingerprint density at radius 1 is 1.50 bits per heavy atom. The topological polar surface area (TPSA) is 66.8 Å². The molecule has 0 saturated carbocycles. The first kappa shape index (κ1) is 13.4. The molecule has 0 aromatic rings. The largest absolute Gasteiger partial charge is 0.465 e. The van der Waals surface area contributed by atoms with Crippen molar-refractivity contribution in [2.75, 3.05) is 13.2 Å². The number of hydrogen-bond donors (Lipinski definition) is 2. The standard InChI is InChI=1S/C10H20O4/c1-4-8(12)10(2,3)9(13)14-7-5-6-11/h8,11-12H,4-7H2,1-3H3. The van der Waals surface area contributed by atoms with Crippen LogP contribution < -0.4 is 0 Å². The van der Waals surface area contributed by atoms with E-state index in [1.807, 2.05) is 6.92 Å². The second-order valence-electron chi connectivity index (χ2n) is 3.86. The Labute approximate surface area is 84.9 Å². The average molecular weight is 204 g/mol. The van der Waals surface area contributed by atoms with Gasteiger partial charge in [0.25, 0.3) is 0 Å². The fourth-order valence-electron chi connectivity index (χ4n) is 1.06. The van der Waals surface area contributed by atoms with Crippen LogP contribution in [0.5, 0.6) is 0 Å². The zero-order chi connectivity index (χ0) is 11.2. The summed E-state index contributed by atoms with van der Waals surface area (Å²) in [5, 5.41) is 18.1. The van der Waals surface area contributed by atoms with Gasteiger partial charge < -0.3 is 14.9 Å². The molecular weight excluding hydrogens is 184 g/mol. The van der Waals surface area contributed by atoms with Crippen molar-refractivity contribution in [2.45, 2.75) is 39.7 Å². The molecule has 4 heteroatoms. The minimum absolute atomic E-state index is 0.00401. The zero-order valence-electron chi connectivity index (χ0n) is 9.12. The molecule has 1 unspecified atom stereocenters. The van der Waals surface area contributed by atoms with Crippen LogP contribution in [0.15, 0.2) is 0 Å². The molecule has 1 atom stereocenters. The van der Waals surface area contributed by atoms with Gasteiger partial charge in [0.1, 0.15) is 0 Å². The lowest BCUT2D eigenvalue weighted by Gasteiger charge is -2.27. The van der Waals surface area contributed by atoms with Crippen LogP contribution in [0.1, 0.15) is 33.6 Å². The lowest BCUT2D eigenvalue weighted by atomic mass is 9.85. The van der Waals surface area contributed by atoms with Crippen LogP contribution in [-0.4, -0.2) is 35.5 Å². The van der Waals surface area contributed by atoms with E-state index in [1.165, 1.54) is 0 Å². The molecule has 0 amide bonds. The van der Waals surface area contributed by atoms with Gasteiger partial charge in [0.05, 0.1) is 18.1 Å². The van der Waals surface area contributed by atoms with Gasteiger partial charge in [-0.05, 0) is 20.3 Å². The van der Waals surface area contributed by atoms with Crippen LogP contribution in [0, 0.1) is 5.41 Å². The summed E-state index contributed by atoms with van der Waals surface area (Å²) in [5.41, 5.74) is -0.871. The molecule has 4 nitrogen and oxygen atoms in total. The predicted octanol–water partition coefficient (Wildman–Crippen LogP) is 0.709. The molecule has 0 fully saturated rings. The first-order valence-electron chi connectivity index (χ1n) is 4.93. The molecule has 0 aliphatic carbocycles. The molecule has 0 saturated heterocycles. The molecule has 2 N–H and O–H groups in total. The molecule has 0 radical (unpaired) electrons. The molecular formula is C10H20O4. The molecule has 84 valence electrons. The molecule has 0 aliphatic rings. The summed E-state index contributed by atoms with van der Waals surface area (Å²) in [6.45, 7) is 5.33. The zero-order valence-corrected chi connectivity index (χ0v) is 9.12. The normalized spacial score (nSPS) is 13.8. The van der Waals surface area contributed by atoms with Crippen LogP contribution in [0.25, 0.3) is 0 Å². The number of carbonyl (C=O) groups is 1. The number of hydrogen-bond acceptors (Lipinski definition) is 4. The molecule has 0 spiro atoms. The van der Waals surface area contributed by atoms with Gasteiger partial charge in [0, 0.05) is 13.0 Å². The van der Waals surface area contributed by atoms with Gasteiger partial charge in [0.15, 0.2) is 0 Å².